The van der Waals surface area contributed by atoms with Crippen LogP contribution >= 0.6 is 0 Å². The number of nitrogens with one attached hydrogen (secondary N) is 1. The van der Waals surface area contributed by atoms with Crippen molar-refractivity contribution >= 4 is 28.4 Å². The number of hydrogen-bond donors (Lipinski definition) is 1. The van der Waals surface area contributed by atoms with Crippen LogP contribution in [0.2, 0.25) is 0 Å². The van der Waals surface area contributed by atoms with Crippen molar-refractivity contribution in [3.05, 3.63) is 41.9 Å². The maximum Gasteiger partial charge on any atom is 0.408 e. The second-order valence-electron chi connectivity index (χ2n) is 7.06. The first-order chi connectivity index (χ1) is 15.2. The van der Waals surface area contributed by atoms with Gasteiger partial charge in [-0.05, 0) is 24.6 Å². The minimum Gasteiger partial charge on any atom is -0.380 e. The van der Waals surface area contributed by atoms with E-state index in [2.05, 4.69) is 20.4 Å². The van der Waals surface area contributed by atoms with Gasteiger partial charge in [-0.15, -0.1) is 0 Å². The number of fused-ring (bicyclic) bond motifs is 1. The van der Waals surface area contributed by atoms with E-state index >= 15 is 0 Å². The second kappa shape index (κ2) is 8.65. The Labute approximate surface area is 178 Å². The number of anilines is 2. The van der Waals surface area contributed by atoms with Crippen LogP contribution in [-0.2, 0) is 11.3 Å². The fourth-order valence-electron chi connectivity index (χ4n) is 3.29. The van der Waals surface area contributed by atoms with Crippen LogP contribution in [0, 0.1) is 11.8 Å². The number of nitrogens with zero attached hydrogens (tertiary/aromatic N) is 5. The zero-order valence-corrected chi connectivity index (χ0v) is 16.5. The summed E-state index contributed by atoms with van der Waals surface area (Å²) in [5.74, 6) is -3.24. The van der Waals surface area contributed by atoms with Crippen molar-refractivity contribution in [1.29, 1.82) is 0 Å². The Kier molecular flexibility index (Phi) is 5.91. The highest BCUT2D eigenvalue weighted by Crippen LogP contribution is 2.28. The van der Waals surface area contributed by atoms with Crippen LogP contribution in [0.1, 0.15) is 16.9 Å². The number of aromatic nitrogens is 4. The van der Waals surface area contributed by atoms with E-state index in [-0.39, 0.29) is 28.2 Å². The van der Waals surface area contributed by atoms with Gasteiger partial charge in [0.25, 0.3) is 11.9 Å². The Bertz CT molecular complexity index is 1140. The molecule has 1 amide bonds. The van der Waals surface area contributed by atoms with Crippen LogP contribution in [-0.4, -0.2) is 63.0 Å². The van der Waals surface area contributed by atoms with Gasteiger partial charge >= 0.3 is 6.18 Å². The third kappa shape index (κ3) is 4.77. The van der Waals surface area contributed by atoms with Crippen LogP contribution in [0.25, 0.3) is 10.9 Å². The lowest BCUT2D eigenvalue weighted by Gasteiger charge is -2.19. The first-order valence-electron chi connectivity index (χ1n) is 9.61. The molecule has 170 valence electrons. The van der Waals surface area contributed by atoms with Gasteiger partial charge in [0.05, 0.1) is 17.5 Å². The lowest BCUT2D eigenvalue weighted by atomic mass is 10.2. The predicted octanol–water partition coefficient (Wildman–Crippen LogP) is 3.27. The SMILES string of the molecule is O=C(c1cc2c(cn1)c(Nc1ccc(F)c(F)n1)nn2CC(F)(F)F)N1CCCOCC1. The number of hydrogen-bond acceptors (Lipinski definition) is 6. The normalized spacial score (nSPS) is 15.1. The van der Waals surface area contributed by atoms with Gasteiger partial charge in [0, 0.05) is 25.9 Å². The molecule has 3 aromatic heterocycles. The molecule has 8 nitrogen and oxygen atoms in total. The molecule has 1 saturated heterocycles. The average molecular weight is 456 g/mol. The molecule has 1 N–H and O–H groups in total. The molecule has 0 unspecified atom stereocenters. The fraction of sp³-hybridized carbons (Fsp3) is 0.368. The van der Waals surface area contributed by atoms with E-state index in [4.69, 9.17) is 4.74 Å². The molecular formula is C19H17F5N6O2. The molecule has 1 aliphatic heterocycles. The molecule has 0 spiro atoms. The van der Waals surface area contributed by atoms with E-state index in [9.17, 15) is 26.7 Å². The lowest BCUT2D eigenvalue weighted by Crippen LogP contribution is -2.33. The van der Waals surface area contributed by atoms with Gasteiger partial charge in [0.1, 0.15) is 18.1 Å². The van der Waals surface area contributed by atoms with Crippen LogP contribution in [0.5, 0.6) is 0 Å². The van der Waals surface area contributed by atoms with E-state index in [0.29, 0.717) is 37.4 Å². The Hall–Kier alpha value is -3.35. The number of ether oxygens (including phenoxy) is 1. The molecule has 0 saturated carbocycles. The smallest absolute Gasteiger partial charge is 0.380 e. The molecule has 0 radical (unpaired) electrons. The van der Waals surface area contributed by atoms with Crippen LogP contribution in [0.3, 0.4) is 0 Å². The van der Waals surface area contributed by atoms with Crippen molar-refractivity contribution in [2.24, 2.45) is 0 Å². The van der Waals surface area contributed by atoms with Crippen LogP contribution in [0.15, 0.2) is 24.4 Å². The standard InChI is InChI=1S/C19H17F5N6O2/c20-12-2-3-15(26-16(12)21)27-17-11-9-25-13(18(31)29-4-1-6-32-7-5-29)8-14(11)30(28-17)10-19(22,23)24/h2-3,8-9H,1,4-7,10H2,(H,26,27,28). The predicted molar refractivity (Wildman–Crippen MR) is 102 cm³/mol. The summed E-state index contributed by atoms with van der Waals surface area (Å²) < 4.78 is 71.8. The number of amides is 1. The van der Waals surface area contributed by atoms with Crippen LogP contribution in [0.4, 0.5) is 33.6 Å². The molecule has 32 heavy (non-hydrogen) atoms. The van der Waals surface area contributed by atoms with Crippen molar-refractivity contribution in [2.75, 3.05) is 31.6 Å². The average Bonchev–Trinajstić information content (AvgIpc) is 2.91. The van der Waals surface area contributed by atoms with Gasteiger partial charge in [-0.25, -0.2) is 4.39 Å². The molecule has 1 fully saturated rings. The monoisotopic (exact) mass is 456 g/mol. The number of alkyl halides is 3. The van der Waals surface area contributed by atoms with Crippen molar-refractivity contribution in [2.45, 2.75) is 19.1 Å². The van der Waals surface area contributed by atoms with Gasteiger partial charge in [-0.1, -0.05) is 0 Å². The highest BCUT2D eigenvalue weighted by molar-refractivity contribution is 5.98. The fourth-order valence-corrected chi connectivity index (χ4v) is 3.29. The Morgan fingerprint density at radius 3 is 2.75 bits per heavy atom. The number of halogens is 5. The molecule has 13 heteroatoms. The van der Waals surface area contributed by atoms with Crippen molar-refractivity contribution in [1.82, 2.24) is 24.6 Å². The molecular weight excluding hydrogens is 439 g/mol. The third-order valence-corrected chi connectivity index (χ3v) is 4.74. The molecule has 1 aliphatic rings. The highest BCUT2D eigenvalue weighted by Gasteiger charge is 2.30. The van der Waals surface area contributed by atoms with E-state index in [1.54, 1.807) is 0 Å². The van der Waals surface area contributed by atoms with Crippen molar-refractivity contribution < 1.29 is 31.5 Å². The van der Waals surface area contributed by atoms with Gasteiger partial charge in [-0.2, -0.15) is 27.6 Å². The van der Waals surface area contributed by atoms with Crippen LogP contribution < -0.4 is 5.32 Å². The molecule has 4 rings (SSSR count). The summed E-state index contributed by atoms with van der Waals surface area (Å²) in [6, 6.07) is 3.16. The Morgan fingerprint density at radius 1 is 1.19 bits per heavy atom. The zero-order valence-electron chi connectivity index (χ0n) is 16.5. The number of pyridine rings is 2. The third-order valence-electron chi connectivity index (χ3n) is 4.74. The molecule has 0 bridgehead atoms. The summed E-state index contributed by atoms with van der Waals surface area (Å²) in [4.78, 5) is 21.8. The summed E-state index contributed by atoms with van der Waals surface area (Å²) in [6.07, 6.45) is -2.75. The Morgan fingerprint density at radius 2 is 2.00 bits per heavy atom. The second-order valence-corrected chi connectivity index (χ2v) is 7.06. The minimum atomic E-state index is -4.59. The molecule has 3 aromatic rings. The molecule has 0 atom stereocenters. The first kappa shape index (κ1) is 21.9. The van der Waals surface area contributed by atoms with E-state index in [0.717, 1.165) is 12.1 Å². The van der Waals surface area contributed by atoms with Crippen molar-refractivity contribution in [3.63, 3.8) is 0 Å². The number of carbonyl (C=O) groups excluding carboxylic acids is 1. The first-order valence-corrected chi connectivity index (χ1v) is 9.61. The lowest BCUT2D eigenvalue weighted by molar-refractivity contribution is -0.141. The van der Waals surface area contributed by atoms with Gasteiger partial charge in [0.15, 0.2) is 11.6 Å². The zero-order chi connectivity index (χ0) is 22.9. The highest BCUT2D eigenvalue weighted by atomic mass is 19.4. The molecule has 4 heterocycles. The number of carbonyl (C=O) groups is 1. The maximum absolute atomic E-state index is 13.4. The molecule has 0 aromatic carbocycles. The minimum absolute atomic E-state index is 0.00293. The Balaban J connectivity index is 1.72. The van der Waals surface area contributed by atoms with Crippen molar-refractivity contribution in [3.8, 4) is 0 Å². The topological polar surface area (TPSA) is 85.2 Å². The maximum atomic E-state index is 13.4. The summed E-state index contributed by atoms with van der Waals surface area (Å²) in [6.45, 7) is 0.229. The van der Waals surface area contributed by atoms with E-state index in [1.165, 1.54) is 17.2 Å². The summed E-state index contributed by atoms with van der Waals surface area (Å²) >= 11 is 0. The quantitative estimate of drug-likeness (QED) is 0.479. The summed E-state index contributed by atoms with van der Waals surface area (Å²) in [7, 11) is 0. The summed E-state index contributed by atoms with van der Waals surface area (Å²) in [5.41, 5.74) is -0.0444. The van der Waals surface area contributed by atoms with E-state index < -0.39 is 30.4 Å². The number of rotatable bonds is 4. The summed E-state index contributed by atoms with van der Waals surface area (Å²) in [5, 5.41) is 6.62. The largest absolute Gasteiger partial charge is 0.408 e. The molecule has 0 aliphatic carbocycles. The van der Waals surface area contributed by atoms with Gasteiger partial charge in [0.2, 0.25) is 0 Å². The van der Waals surface area contributed by atoms with Gasteiger partial charge < -0.3 is 15.0 Å². The van der Waals surface area contributed by atoms with E-state index in [1.807, 2.05) is 0 Å². The van der Waals surface area contributed by atoms with Gasteiger partial charge in [-0.3, -0.25) is 14.5 Å².